The molecule has 0 aromatic heterocycles. The third-order valence-corrected chi connectivity index (χ3v) is 4.70. The molecule has 0 fully saturated rings. The molecule has 2 aromatic carbocycles. The number of fused-ring (bicyclic) bond motifs is 2. The Hall–Kier alpha value is -3.55. The lowest BCUT2D eigenvalue weighted by Gasteiger charge is -2.36. The van der Waals surface area contributed by atoms with Gasteiger partial charge < -0.3 is 20.1 Å². The third-order valence-electron chi connectivity index (χ3n) is 4.70. The molecule has 144 valence electrons. The number of anilines is 2. The lowest BCUT2D eigenvalue weighted by molar-refractivity contribution is -0.121. The van der Waals surface area contributed by atoms with Crippen molar-refractivity contribution in [2.45, 2.75) is 12.5 Å². The van der Waals surface area contributed by atoms with Crippen molar-refractivity contribution < 1.29 is 23.9 Å². The number of hydrogen-bond donors (Lipinski definition) is 2. The van der Waals surface area contributed by atoms with Crippen LogP contribution < -0.4 is 25.0 Å². The molecule has 2 heterocycles. The number of ether oxygens (including phenoxy) is 2. The first-order valence-corrected chi connectivity index (χ1v) is 8.89. The van der Waals surface area contributed by atoms with Crippen molar-refractivity contribution in [2.75, 3.05) is 30.5 Å². The minimum atomic E-state index is -0.454. The van der Waals surface area contributed by atoms with Gasteiger partial charge in [0.25, 0.3) is 11.8 Å². The molecule has 0 aliphatic carbocycles. The van der Waals surface area contributed by atoms with Crippen LogP contribution >= 0.6 is 0 Å². The maximum atomic E-state index is 13.4. The largest absolute Gasteiger partial charge is 0.489 e. The van der Waals surface area contributed by atoms with Gasteiger partial charge in [-0.1, -0.05) is 12.1 Å². The first-order valence-electron chi connectivity index (χ1n) is 8.89. The van der Waals surface area contributed by atoms with E-state index in [1.54, 1.807) is 42.3 Å². The number of amides is 3. The summed E-state index contributed by atoms with van der Waals surface area (Å²) in [6.45, 7) is 0.159. The molecule has 0 spiro atoms. The Balaban J connectivity index is 1.71. The van der Waals surface area contributed by atoms with Gasteiger partial charge in [0, 0.05) is 12.6 Å². The van der Waals surface area contributed by atoms with Gasteiger partial charge in [0.15, 0.2) is 6.61 Å². The molecular formula is C20H19N3O5. The van der Waals surface area contributed by atoms with Crippen LogP contribution in [-0.4, -0.2) is 44.0 Å². The van der Waals surface area contributed by atoms with Gasteiger partial charge in [-0.3, -0.25) is 19.3 Å². The molecule has 2 aliphatic heterocycles. The maximum Gasteiger partial charge on any atom is 0.262 e. The maximum absolute atomic E-state index is 13.4. The minimum absolute atomic E-state index is 0.0503. The van der Waals surface area contributed by atoms with Crippen LogP contribution in [0.15, 0.2) is 42.5 Å². The summed E-state index contributed by atoms with van der Waals surface area (Å²) in [5.41, 5.74) is 1.43. The molecule has 0 bridgehead atoms. The van der Waals surface area contributed by atoms with Gasteiger partial charge in [-0.25, -0.2) is 0 Å². The standard InChI is InChI=1S/C20H19N3O5/c1-21-18(24)9-13-10-27-17-5-3-2-4-15(17)23(13)20(26)12-6-7-16-14(8-12)22-19(25)11-28-16/h2-8,13H,9-11H2,1H3,(H,21,24)(H,22,25)/t13-/m0/s1. The number of hydrogen-bond acceptors (Lipinski definition) is 5. The van der Waals surface area contributed by atoms with Gasteiger partial charge in [0.2, 0.25) is 5.91 Å². The molecular weight excluding hydrogens is 362 g/mol. The average Bonchev–Trinajstić information content (AvgIpc) is 2.72. The second-order valence-electron chi connectivity index (χ2n) is 6.53. The van der Waals surface area contributed by atoms with Crippen molar-refractivity contribution in [3.63, 3.8) is 0 Å². The quantitative estimate of drug-likeness (QED) is 0.841. The van der Waals surface area contributed by atoms with E-state index in [2.05, 4.69) is 10.6 Å². The van der Waals surface area contributed by atoms with Crippen LogP contribution in [0.4, 0.5) is 11.4 Å². The summed E-state index contributed by atoms with van der Waals surface area (Å²) in [4.78, 5) is 38.5. The Labute approximate surface area is 161 Å². The van der Waals surface area contributed by atoms with Crippen molar-refractivity contribution >= 4 is 29.1 Å². The number of para-hydroxylation sites is 2. The molecule has 2 aromatic rings. The minimum Gasteiger partial charge on any atom is -0.489 e. The number of rotatable bonds is 3. The van der Waals surface area contributed by atoms with Crippen LogP contribution in [-0.2, 0) is 9.59 Å². The Morgan fingerprint density at radius 2 is 2.00 bits per heavy atom. The van der Waals surface area contributed by atoms with Gasteiger partial charge in [-0.05, 0) is 30.3 Å². The van der Waals surface area contributed by atoms with Crippen molar-refractivity contribution in [2.24, 2.45) is 0 Å². The Morgan fingerprint density at radius 1 is 1.18 bits per heavy atom. The number of benzene rings is 2. The van der Waals surface area contributed by atoms with E-state index in [-0.39, 0.29) is 37.4 Å². The molecule has 8 heteroatoms. The highest BCUT2D eigenvalue weighted by molar-refractivity contribution is 6.09. The van der Waals surface area contributed by atoms with Crippen molar-refractivity contribution in [1.82, 2.24) is 5.32 Å². The third kappa shape index (κ3) is 3.24. The molecule has 2 aliphatic rings. The zero-order chi connectivity index (χ0) is 19.7. The van der Waals surface area contributed by atoms with Gasteiger partial charge in [-0.2, -0.15) is 0 Å². The first kappa shape index (κ1) is 17.8. The Kier molecular flexibility index (Phi) is 4.60. The van der Waals surface area contributed by atoms with E-state index in [1.165, 1.54) is 0 Å². The zero-order valence-corrected chi connectivity index (χ0v) is 15.2. The normalized spacial score (nSPS) is 17.4. The molecule has 2 N–H and O–H groups in total. The summed E-state index contributed by atoms with van der Waals surface area (Å²) in [6.07, 6.45) is 0.112. The second kappa shape index (κ2) is 7.22. The second-order valence-corrected chi connectivity index (χ2v) is 6.53. The van der Waals surface area contributed by atoms with Gasteiger partial charge >= 0.3 is 0 Å². The highest BCUT2D eigenvalue weighted by Crippen LogP contribution is 2.36. The van der Waals surface area contributed by atoms with Crippen LogP contribution in [0, 0.1) is 0 Å². The summed E-state index contributed by atoms with van der Waals surface area (Å²) < 4.78 is 11.1. The van der Waals surface area contributed by atoms with E-state index in [9.17, 15) is 14.4 Å². The molecule has 28 heavy (non-hydrogen) atoms. The monoisotopic (exact) mass is 381 g/mol. The summed E-state index contributed by atoms with van der Waals surface area (Å²) >= 11 is 0. The van der Waals surface area contributed by atoms with Crippen LogP contribution in [0.5, 0.6) is 11.5 Å². The summed E-state index contributed by atoms with van der Waals surface area (Å²) in [5.74, 6) is 0.356. The van der Waals surface area contributed by atoms with Crippen LogP contribution in [0.1, 0.15) is 16.8 Å². The predicted octanol–water partition coefficient (Wildman–Crippen LogP) is 1.56. The van der Waals surface area contributed by atoms with Gasteiger partial charge in [-0.15, -0.1) is 0 Å². The number of carbonyl (C=O) groups is 3. The van der Waals surface area contributed by atoms with Crippen LogP contribution in [0.25, 0.3) is 0 Å². The van der Waals surface area contributed by atoms with Gasteiger partial charge in [0.1, 0.15) is 18.1 Å². The van der Waals surface area contributed by atoms with Crippen molar-refractivity contribution in [3.05, 3.63) is 48.0 Å². The zero-order valence-electron chi connectivity index (χ0n) is 15.2. The topological polar surface area (TPSA) is 97.0 Å². The molecule has 3 amide bonds. The predicted molar refractivity (Wildman–Crippen MR) is 102 cm³/mol. The lowest BCUT2D eigenvalue weighted by Crippen LogP contribution is -2.48. The average molecular weight is 381 g/mol. The Bertz CT molecular complexity index is 959. The fourth-order valence-electron chi connectivity index (χ4n) is 3.33. The van der Waals surface area contributed by atoms with E-state index in [1.807, 2.05) is 12.1 Å². The fourth-order valence-corrected chi connectivity index (χ4v) is 3.33. The number of nitrogens with zero attached hydrogens (tertiary/aromatic N) is 1. The molecule has 0 saturated heterocycles. The lowest BCUT2D eigenvalue weighted by atomic mass is 10.0. The fraction of sp³-hybridized carbons (Fsp3) is 0.250. The van der Waals surface area contributed by atoms with E-state index >= 15 is 0 Å². The summed E-state index contributed by atoms with van der Waals surface area (Å²) in [7, 11) is 1.55. The number of nitrogens with one attached hydrogen (secondary N) is 2. The molecule has 0 unspecified atom stereocenters. The van der Waals surface area contributed by atoms with E-state index in [0.29, 0.717) is 28.4 Å². The first-order chi connectivity index (χ1) is 13.6. The molecule has 4 rings (SSSR count). The SMILES string of the molecule is CNC(=O)C[C@H]1COc2ccccc2N1C(=O)c1ccc2c(c1)NC(=O)CO2. The molecule has 0 saturated carbocycles. The van der Waals surface area contributed by atoms with Crippen molar-refractivity contribution in [1.29, 1.82) is 0 Å². The number of carbonyl (C=O) groups excluding carboxylic acids is 3. The smallest absolute Gasteiger partial charge is 0.262 e. The Morgan fingerprint density at radius 3 is 2.82 bits per heavy atom. The summed E-state index contributed by atoms with van der Waals surface area (Å²) in [6, 6.07) is 11.6. The van der Waals surface area contributed by atoms with Gasteiger partial charge in [0.05, 0.1) is 23.8 Å². The highest BCUT2D eigenvalue weighted by Gasteiger charge is 2.34. The summed E-state index contributed by atoms with van der Waals surface area (Å²) in [5, 5.41) is 5.29. The van der Waals surface area contributed by atoms with Crippen LogP contribution in [0.2, 0.25) is 0 Å². The van der Waals surface area contributed by atoms with Crippen LogP contribution in [0.3, 0.4) is 0 Å². The van der Waals surface area contributed by atoms with E-state index in [0.717, 1.165) is 0 Å². The van der Waals surface area contributed by atoms with E-state index < -0.39 is 6.04 Å². The van der Waals surface area contributed by atoms with Crippen molar-refractivity contribution in [3.8, 4) is 11.5 Å². The molecule has 1 atom stereocenters. The molecule has 0 radical (unpaired) electrons. The van der Waals surface area contributed by atoms with E-state index in [4.69, 9.17) is 9.47 Å². The highest BCUT2D eigenvalue weighted by atomic mass is 16.5. The molecule has 8 nitrogen and oxygen atoms in total.